The summed E-state index contributed by atoms with van der Waals surface area (Å²) >= 11 is 0. The van der Waals surface area contributed by atoms with Gasteiger partial charge in [-0.2, -0.15) is 0 Å². The van der Waals surface area contributed by atoms with E-state index in [9.17, 15) is 15.0 Å². The molecule has 0 aromatic heterocycles. The third-order valence-electron chi connectivity index (χ3n) is 15.1. The smallest absolute Gasteiger partial charge is 0.220 e. The van der Waals surface area contributed by atoms with Gasteiger partial charge in [0.2, 0.25) is 5.91 Å². The Morgan fingerprint density at radius 3 is 0.682 bits per heavy atom. The van der Waals surface area contributed by atoms with E-state index in [2.05, 4.69) is 19.2 Å². The summed E-state index contributed by atoms with van der Waals surface area (Å²) in [4.78, 5) is 12.5. The maximum Gasteiger partial charge on any atom is 0.220 e. The highest BCUT2D eigenvalue weighted by Crippen LogP contribution is 2.19. The van der Waals surface area contributed by atoms with Crippen LogP contribution >= 0.6 is 0 Å². The standard InChI is InChI=1S/C62H125NO3/c1-3-5-7-9-11-13-15-17-19-21-22-23-24-25-26-27-28-29-30-31-32-33-34-35-36-37-38-39-40-41-42-44-46-48-50-52-54-56-58-62(66)63-60(59-64)61(65)57-55-53-51-49-47-45-43-20-18-16-14-12-10-8-6-4-2/h60-61,64-65H,3-59H2,1-2H3,(H,63,66). The second-order valence-corrected chi connectivity index (χ2v) is 21.8. The highest BCUT2D eigenvalue weighted by atomic mass is 16.3. The summed E-state index contributed by atoms with van der Waals surface area (Å²) in [6.07, 6.45) is 75.7. The molecule has 0 spiro atoms. The molecule has 2 unspecified atom stereocenters. The molecule has 0 radical (unpaired) electrons. The zero-order valence-corrected chi connectivity index (χ0v) is 45.8. The Balaban J connectivity index is 3.32. The zero-order chi connectivity index (χ0) is 47.7. The van der Waals surface area contributed by atoms with E-state index in [1.54, 1.807) is 0 Å². The van der Waals surface area contributed by atoms with Gasteiger partial charge in [0.05, 0.1) is 18.8 Å². The zero-order valence-electron chi connectivity index (χ0n) is 45.8. The molecule has 396 valence electrons. The average Bonchev–Trinajstić information content (AvgIpc) is 3.32. The topological polar surface area (TPSA) is 69.6 Å². The van der Waals surface area contributed by atoms with Gasteiger partial charge in [-0.05, 0) is 12.8 Å². The van der Waals surface area contributed by atoms with Gasteiger partial charge in [0.25, 0.3) is 0 Å². The summed E-state index contributed by atoms with van der Waals surface area (Å²) in [6.45, 7) is 4.40. The molecule has 4 nitrogen and oxygen atoms in total. The molecule has 3 N–H and O–H groups in total. The first-order valence-electron chi connectivity index (χ1n) is 31.2. The van der Waals surface area contributed by atoms with Gasteiger partial charge < -0.3 is 15.5 Å². The molecule has 1 amide bonds. The number of carbonyl (C=O) groups is 1. The summed E-state index contributed by atoms with van der Waals surface area (Å²) in [5.74, 6) is -0.0218. The Morgan fingerprint density at radius 1 is 0.303 bits per heavy atom. The van der Waals surface area contributed by atoms with Crippen LogP contribution < -0.4 is 5.32 Å². The van der Waals surface area contributed by atoms with E-state index in [1.165, 1.54) is 321 Å². The van der Waals surface area contributed by atoms with Crippen molar-refractivity contribution in [3.8, 4) is 0 Å². The minimum Gasteiger partial charge on any atom is -0.394 e. The number of carbonyl (C=O) groups excluding carboxylic acids is 1. The fourth-order valence-corrected chi connectivity index (χ4v) is 10.4. The minimum atomic E-state index is -0.654. The third kappa shape index (κ3) is 54.3. The van der Waals surface area contributed by atoms with Crippen LogP contribution in [-0.4, -0.2) is 34.9 Å². The van der Waals surface area contributed by atoms with Gasteiger partial charge in [-0.3, -0.25) is 4.79 Å². The Hall–Kier alpha value is -0.610. The van der Waals surface area contributed by atoms with Crippen molar-refractivity contribution in [2.24, 2.45) is 0 Å². The van der Waals surface area contributed by atoms with Crippen LogP contribution in [0.4, 0.5) is 0 Å². The molecular formula is C62H125NO3. The Bertz CT molecular complexity index is 879. The van der Waals surface area contributed by atoms with Gasteiger partial charge in [0, 0.05) is 6.42 Å². The van der Waals surface area contributed by atoms with Crippen molar-refractivity contribution in [3.63, 3.8) is 0 Å². The summed E-state index contributed by atoms with van der Waals surface area (Å²) in [6, 6.07) is -0.531. The fraction of sp³-hybridized carbons (Fsp3) is 0.984. The number of aliphatic hydroxyl groups excluding tert-OH is 2. The van der Waals surface area contributed by atoms with Crippen molar-refractivity contribution in [3.05, 3.63) is 0 Å². The van der Waals surface area contributed by atoms with E-state index in [0.29, 0.717) is 12.8 Å². The van der Waals surface area contributed by atoms with Crippen molar-refractivity contribution in [2.75, 3.05) is 6.61 Å². The second kappa shape index (κ2) is 58.7. The van der Waals surface area contributed by atoms with Gasteiger partial charge in [0.15, 0.2) is 0 Å². The molecule has 0 bridgehead atoms. The maximum atomic E-state index is 12.5. The summed E-state index contributed by atoms with van der Waals surface area (Å²) in [7, 11) is 0. The van der Waals surface area contributed by atoms with Crippen molar-refractivity contribution >= 4 is 5.91 Å². The molecule has 66 heavy (non-hydrogen) atoms. The van der Waals surface area contributed by atoms with E-state index in [0.717, 1.165) is 25.7 Å². The number of amides is 1. The highest BCUT2D eigenvalue weighted by molar-refractivity contribution is 5.76. The van der Waals surface area contributed by atoms with E-state index >= 15 is 0 Å². The van der Waals surface area contributed by atoms with Gasteiger partial charge in [-0.1, -0.05) is 354 Å². The van der Waals surface area contributed by atoms with Crippen LogP contribution in [-0.2, 0) is 4.79 Å². The number of hydrogen-bond donors (Lipinski definition) is 3. The van der Waals surface area contributed by atoms with Crippen molar-refractivity contribution in [2.45, 2.75) is 386 Å². The monoisotopic (exact) mass is 932 g/mol. The highest BCUT2D eigenvalue weighted by Gasteiger charge is 2.20. The lowest BCUT2D eigenvalue weighted by Gasteiger charge is -2.22. The summed E-state index contributed by atoms with van der Waals surface area (Å²) < 4.78 is 0. The summed E-state index contributed by atoms with van der Waals surface area (Å²) in [5.41, 5.74) is 0. The van der Waals surface area contributed by atoms with E-state index in [-0.39, 0.29) is 12.5 Å². The molecular weight excluding hydrogens is 807 g/mol. The van der Waals surface area contributed by atoms with Gasteiger partial charge in [-0.15, -0.1) is 0 Å². The largest absolute Gasteiger partial charge is 0.394 e. The summed E-state index contributed by atoms with van der Waals surface area (Å²) in [5, 5.41) is 23.3. The van der Waals surface area contributed by atoms with E-state index < -0.39 is 12.1 Å². The predicted octanol–water partition coefficient (Wildman–Crippen LogP) is 20.7. The van der Waals surface area contributed by atoms with E-state index in [4.69, 9.17) is 0 Å². The molecule has 0 aromatic rings. The van der Waals surface area contributed by atoms with Crippen LogP contribution in [0.15, 0.2) is 0 Å². The van der Waals surface area contributed by atoms with Crippen LogP contribution in [0.2, 0.25) is 0 Å². The van der Waals surface area contributed by atoms with Crippen molar-refractivity contribution in [1.29, 1.82) is 0 Å². The first kappa shape index (κ1) is 65.4. The molecule has 0 aliphatic heterocycles. The predicted molar refractivity (Wildman–Crippen MR) is 295 cm³/mol. The van der Waals surface area contributed by atoms with Gasteiger partial charge in [0.1, 0.15) is 0 Å². The normalized spacial score (nSPS) is 12.6. The van der Waals surface area contributed by atoms with Crippen LogP contribution in [0, 0.1) is 0 Å². The molecule has 0 aliphatic rings. The van der Waals surface area contributed by atoms with E-state index in [1.807, 2.05) is 0 Å². The van der Waals surface area contributed by atoms with Crippen LogP contribution in [0.1, 0.15) is 373 Å². The Morgan fingerprint density at radius 2 is 0.485 bits per heavy atom. The third-order valence-corrected chi connectivity index (χ3v) is 15.1. The molecule has 2 atom stereocenters. The quantitative estimate of drug-likeness (QED) is 0.0532. The van der Waals surface area contributed by atoms with Crippen LogP contribution in [0.5, 0.6) is 0 Å². The van der Waals surface area contributed by atoms with Crippen molar-refractivity contribution in [1.82, 2.24) is 5.32 Å². The molecule has 0 aromatic carbocycles. The molecule has 0 heterocycles. The Kier molecular flexibility index (Phi) is 58.2. The maximum absolute atomic E-state index is 12.5. The molecule has 4 heteroatoms. The first-order chi connectivity index (χ1) is 32.7. The van der Waals surface area contributed by atoms with Crippen LogP contribution in [0.3, 0.4) is 0 Å². The lowest BCUT2D eigenvalue weighted by molar-refractivity contribution is -0.123. The van der Waals surface area contributed by atoms with Gasteiger partial charge in [-0.25, -0.2) is 0 Å². The average molecular weight is 933 g/mol. The SMILES string of the molecule is CCCCCCCCCCCCCCCCCCCCCCCCCCCCCCCCCCCCCCCCC(=O)NC(CO)C(O)CCCCCCCCCCCCCCCCCC. The number of hydrogen-bond acceptors (Lipinski definition) is 3. The fourth-order valence-electron chi connectivity index (χ4n) is 10.4. The molecule has 0 saturated heterocycles. The molecule has 0 fully saturated rings. The minimum absolute atomic E-state index is 0.0218. The number of aliphatic hydroxyl groups is 2. The van der Waals surface area contributed by atoms with Gasteiger partial charge >= 0.3 is 0 Å². The number of rotatable bonds is 59. The first-order valence-corrected chi connectivity index (χ1v) is 31.2. The number of unbranched alkanes of at least 4 members (excludes halogenated alkanes) is 52. The molecule has 0 saturated carbocycles. The lowest BCUT2D eigenvalue weighted by atomic mass is 10.0. The number of nitrogens with one attached hydrogen (secondary N) is 1. The van der Waals surface area contributed by atoms with Crippen molar-refractivity contribution < 1.29 is 15.0 Å². The van der Waals surface area contributed by atoms with Crippen LogP contribution in [0.25, 0.3) is 0 Å². The Labute approximate surface area is 416 Å². The second-order valence-electron chi connectivity index (χ2n) is 21.8. The molecule has 0 aliphatic carbocycles. The molecule has 0 rings (SSSR count). The lowest BCUT2D eigenvalue weighted by Crippen LogP contribution is -2.45.